The van der Waals surface area contributed by atoms with Gasteiger partial charge in [0.25, 0.3) is 5.91 Å². The fraction of sp³-hybridized carbons (Fsp3) is 0.385. The lowest BCUT2D eigenvalue weighted by Gasteiger charge is -2.41. The second-order valence-electron chi connectivity index (χ2n) is 4.90. The molecule has 4 nitrogen and oxygen atoms in total. The van der Waals surface area contributed by atoms with Gasteiger partial charge in [0.2, 0.25) is 5.91 Å². The zero-order valence-electron chi connectivity index (χ0n) is 10.7. The Labute approximate surface area is 130 Å². The van der Waals surface area contributed by atoms with E-state index in [0.29, 0.717) is 23.7 Å². The Kier molecular flexibility index (Phi) is 4.06. The Hall–Kier alpha value is -0.820. The van der Waals surface area contributed by atoms with Crippen molar-refractivity contribution >= 4 is 46.0 Å². The van der Waals surface area contributed by atoms with E-state index in [4.69, 9.17) is 11.6 Å². The van der Waals surface area contributed by atoms with Gasteiger partial charge in [-0.2, -0.15) is 0 Å². The minimum atomic E-state index is -0.842. The van der Waals surface area contributed by atoms with Gasteiger partial charge in [0, 0.05) is 22.2 Å². The van der Waals surface area contributed by atoms with Crippen molar-refractivity contribution in [3.8, 4) is 0 Å². The second kappa shape index (κ2) is 5.28. The highest BCUT2D eigenvalue weighted by Gasteiger charge is 2.40. The van der Waals surface area contributed by atoms with E-state index in [1.54, 1.807) is 36.9 Å². The van der Waals surface area contributed by atoms with E-state index in [1.165, 1.54) is 0 Å². The van der Waals surface area contributed by atoms with Gasteiger partial charge in [-0.1, -0.05) is 11.6 Å². The number of halogens is 2. The van der Waals surface area contributed by atoms with Gasteiger partial charge in [-0.3, -0.25) is 9.59 Å². The lowest BCUT2D eigenvalue weighted by Crippen LogP contribution is -2.63. The van der Waals surface area contributed by atoms with E-state index in [9.17, 15) is 9.59 Å². The maximum atomic E-state index is 12.5. The van der Waals surface area contributed by atoms with Crippen LogP contribution in [0.15, 0.2) is 18.2 Å². The Morgan fingerprint density at radius 1 is 1.47 bits per heavy atom. The lowest BCUT2D eigenvalue weighted by molar-refractivity contribution is -0.133. The number of rotatable bonds is 1. The Balaban J connectivity index is 2.32. The first kappa shape index (κ1) is 14.6. The van der Waals surface area contributed by atoms with Gasteiger partial charge in [0.05, 0.1) is 5.02 Å². The van der Waals surface area contributed by atoms with Crippen molar-refractivity contribution in [2.24, 2.45) is 0 Å². The monoisotopic (exact) mass is 392 g/mol. The molecule has 0 aromatic heterocycles. The molecular formula is C13H14ClIN2O2. The SMILES string of the molecule is CC1(C)C(=O)NCCN1C(=O)c1ccc(I)c(Cl)c1. The number of carbonyl (C=O) groups is 2. The smallest absolute Gasteiger partial charge is 0.254 e. The van der Waals surface area contributed by atoms with E-state index in [-0.39, 0.29) is 11.8 Å². The van der Waals surface area contributed by atoms with Gasteiger partial charge in [-0.05, 0) is 54.6 Å². The Morgan fingerprint density at radius 2 is 2.16 bits per heavy atom. The zero-order valence-corrected chi connectivity index (χ0v) is 13.6. The second-order valence-corrected chi connectivity index (χ2v) is 6.47. The average molecular weight is 393 g/mol. The number of amides is 2. The first-order valence-electron chi connectivity index (χ1n) is 5.89. The van der Waals surface area contributed by atoms with Gasteiger partial charge in [0.15, 0.2) is 0 Å². The van der Waals surface area contributed by atoms with E-state index in [2.05, 4.69) is 27.9 Å². The first-order chi connectivity index (χ1) is 8.84. The predicted octanol–water partition coefficient (Wildman–Crippen LogP) is 2.30. The summed E-state index contributed by atoms with van der Waals surface area (Å²) in [6, 6.07) is 5.18. The predicted molar refractivity (Wildman–Crippen MR) is 82.3 cm³/mol. The van der Waals surface area contributed by atoms with Crippen LogP contribution >= 0.6 is 34.2 Å². The number of carbonyl (C=O) groups excluding carboxylic acids is 2. The fourth-order valence-corrected chi connectivity index (χ4v) is 2.56. The van der Waals surface area contributed by atoms with Crippen LogP contribution in [0.25, 0.3) is 0 Å². The molecule has 1 aliphatic rings. The van der Waals surface area contributed by atoms with E-state index in [1.807, 2.05) is 0 Å². The number of hydrogen-bond donors (Lipinski definition) is 1. The van der Waals surface area contributed by atoms with Crippen molar-refractivity contribution in [3.63, 3.8) is 0 Å². The molecular weight excluding hydrogens is 379 g/mol. The number of nitrogens with zero attached hydrogens (tertiary/aromatic N) is 1. The van der Waals surface area contributed by atoms with Crippen LogP contribution in [0.2, 0.25) is 5.02 Å². The molecule has 1 N–H and O–H groups in total. The average Bonchev–Trinajstić information content (AvgIpc) is 2.35. The van der Waals surface area contributed by atoms with Crippen LogP contribution in [0.3, 0.4) is 0 Å². The van der Waals surface area contributed by atoms with Crippen LogP contribution < -0.4 is 5.32 Å². The van der Waals surface area contributed by atoms with E-state index < -0.39 is 5.54 Å². The quantitative estimate of drug-likeness (QED) is 0.746. The molecule has 1 aromatic rings. The molecule has 0 bridgehead atoms. The van der Waals surface area contributed by atoms with Crippen LogP contribution in [-0.4, -0.2) is 35.3 Å². The molecule has 0 radical (unpaired) electrons. The van der Waals surface area contributed by atoms with E-state index in [0.717, 1.165) is 3.57 Å². The molecule has 19 heavy (non-hydrogen) atoms. The van der Waals surface area contributed by atoms with Crippen molar-refractivity contribution in [1.82, 2.24) is 10.2 Å². The first-order valence-corrected chi connectivity index (χ1v) is 7.35. The molecule has 0 atom stereocenters. The Morgan fingerprint density at radius 3 is 2.79 bits per heavy atom. The topological polar surface area (TPSA) is 49.4 Å². The third-order valence-corrected chi connectivity index (χ3v) is 4.84. The summed E-state index contributed by atoms with van der Waals surface area (Å²) in [7, 11) is 0. The molecule has 2 amide bonds. The van der Waals surface area contributed by atoms with Crippen molar-refractivity contribution in [1.29, 1.82) is 0 Å². The highest BCUT2D eigenvalue weighted by molar-refractivity contribution is 14.1. The maximum Gasteiger partial charge on any atom is 0.254 e. The molecule has 0 aliphatic carbocycles. The summed E-state index contributed by atoms with van der Waals surface area (Å²) in [5, 5.41) is 3.32. The summed E-state index contributed by atoms with van der Waals surface area (Å²) in [6.07, 6.45) is 0. The highest BCUT2D eigenvalue weighted by Crippen LogP contribution is 2.24. The van der Waals surface area contributed by atoms with Gasteiger partial charge in [-0.15, -0.1) is 0 Å². The number of benzene rings is 1. The number of piperazine rings is 1. The normalized spacial score (nSPS) is 18.1. The van der Waals surface area contributed by atoms with Gasteiger partial charge < -0.3 is 10.2 Å². The van der Waals surface area contributed by atoms with E-state index >= 15 is 0 Å². The molecule has 1 heterocycles. The maximum absolute atomic E-state index is 12.5. The molecule has 0 unspecified atom stereocenters. The lowest BCUT2D eigenvalue weighted by atomic mass is 9.97. The summed E-state index contributed by atoms with van der Waals surface area (Å²) in [6.45, 7) is 4.47. The molecule has 0 spiro atoms. The van der Waals surface area contributed by atoms with Crippen LogP contribution in [0.5, 0.6) is 0 Å². The molecule has 1 aromatic carbocycles. The number of nitrogens with one attached hydrogen (secondary N) is 1. The molecule has 1 fully saturated rings. The molecule has 1 aliphatic heterocycles. The summed E-state index contributed by atoms with van der Waals surface area (Å²) in [5.74, 6) is -0.304. The van der Waals surface area contributed by atoms with Crippen molar-refractivity contribution in [2.45, 2.75) is 19.4 Å². The van der Waals surface area contributed by atoms with Crippen LogP contribution in [0, 0.1) is 3.57 Å². The summed E-state index contributed by atoms with van der Waals surface area (Å²) >= 11 is 8.15. The molecule has 0 saturated carbocycles. The van der Waals surface area contributed by atoms with Crippen LogP contribution in [0.4, 0.5) is 0 Å². The fourth-order valence-electron chi connectivity index (χ4n) is 2.04. The molecule has 102 valence electrons. The van der Waals surface area contributed by atoms with Crippen LogP contribution in [0.1, 0.15) is 24.2 Å². The summed E-state index contributed by atoms with van der Waals surface area (Å²) in [5.41, 5.74) is -0.335. The minimum Gasteiger partial charge on any atom is -0.352 e. The van der Waals surface area contributed by atoms with Crippen LogP contribution in [-0.2, 0) is 4.79 Å². The molecule has 2 rings (SSSR count). The highest BCUT2D eigenvalue weighted by atomic mass is 127. The van der Waals surface area contributed by atoms with Crippen molar-refractivity contribution < 1.29 is 9.59 Å². The summed E-state index contributed by atoms with van der Waals surface area (Å²) in [4.78, 5) is 25.9. The third-order valence-electron chi connectivity index (χ3n) is 3.26. The Bertz CT molecular complexity index is 545. The largest absolute Gasteiger partial charge is 0.352 e. The van der Waals surface area contributed by atoms with Gasteiger partial charge in [-0.25, -0.2) is 0 Å². The number of hydrogen-bond acceptors (Lipinski definition) is 2. The van der Waals surface area contributed by atoms with Crippen molar-refractivity contribution in [2.75, 3.05) is 13.1 Å². The van der Waals surface area contributed by atoms with Crippen molar-refractivity contribution in [3.05, 3.63) is 32.4 Å². The van der Waals surface area contributed by atoms with Gasteiger partial charge in [0.1, 0.15) is 5.54 Å². The van der Waals surface area contributed by atoms with Gasteiger partial charge >= 0.3 is 0 Å². The third kappa shape index (κ3) is 2.72. The molecule has 1 saturated heterocycles. The minimum absolute atomic E-state index is 0.135. The molecule has 6 heteroatoms. The zero-order chi connectivity index (χ0) is 14.2. The summed E-state index contributed by atoms with van der Waals surface area (Å²) < 4.78 is 0.895. The standard InChI is InChI=1S/C13H14ClIN2O2/c1-13(2)12(19)16-5-6-17(13)11(18)8-3-4-10(15)9(14)7-8/h3-4,7H,5-6H2,1-2H3,(H,16,19).